The van der Waals surface area contributed by atoms with Crippen molar-refractivity contribution >= 4 is 16.7 Å². The van der Waals surface area contributed by atoms with E-state index in [4.69, 9.17) is 9.26 Å². The van der Waals surface area contributed by atoms with Gasteiger partial charge in [0.2, 0.25) is 0 Å². The van der Waals surface area contributed by atoms with E-state index in [9.17, 15) is 4.79 Å². The van der Waals surface area contributed by atoms with Crippen molar-refractivity contribution in [1.29, 1.82) is 0 Å². The highest BCUT2D eigenvalue weighted by Crippen LogP contribution is 2.18. The predicted octanol–water partition coefficient (Wildman–Crippen LogP) is 3.80. The summed E-state index contributed by atoms with van der Waals surface area (Å²) in [5.41, 5.74) is 2.11. The predicted molar refractivity (Wildman–Crippen MR) is 79.0 cm³/mol. The number of nitrogens with zero attached hydrogens (tertiary/aromatic N) is 1. The highest BCUT2D eigenvalue weighted by atomic mass is 16.5. The summed E-state index contributed by atoms with van der Waals surface area (Å²) in [5, 5.41) is 5.96. The fourth-order valence-electron chi connectivity index (χ4n) is 2.25. The van der Waals surface area contributed by atoms with Gasteiger partial charge in [-0.3, -0.25) is 0 Å². The quantitative estimate of drug-likeness (QED) is 0.685. The Morgan fingerprint density at radius 1 is 1.14 bits per heavy atom. The monoisotopic (exact) mass is 281 g/mol. The second-order valence-electron chi connectivity index (χ2n) is 4.94. The number of carbonyl (C=O) groups excluding carboxylic acids is 1. The molecule has 0 unspecified atom stereocenters. The van der Waals surface area contributed by atoms with E-state index in [0.717, 1.165) is 22.0 Å². The topological polar surface area (TPSA) is 52.3 Å². The Balaban J connectivity index is 1.78. The summed E-state index contributed by atoms with van der Waals surface area (Å²) < 4.78 is 10.4. The first kappa shape index (κ1) is 13.4. The standard InChI is InChI=1S/C17H15NO3/c1-11-16(12(2)21-18-11)10-20-17(19)15-8-7-13-5-3-4-6-14(13)9-15/h3-9H,10H2,1-2H3. The van der Waals surface area contributed by atoms with Crippen LogP contribution in [-0.2, 0) is 11.3 Å². The zero-order valence-electron chi connectivity index (χ0n) is 11.9. The summed E-state index contributed by atoms with van der Waals surface area (Å²) >= 11 is 0. The van der Waals surface area contributed by atoms with Gasteiger partial charge in [0.25, 0.3) is 0 Å². The molecule has 2 aromatic carbocycles. The van der Waals surface area contributed by atoms with Crippen LogP contribution in [-0.4, -0.2) is 11.1 Å². The Hall–Kier alpha value is -2.62. The number of benzene rings is 2. The number of hydrogen-bond acceptors (Lipinski definition) is 4. The highest BCUT2D eigenvalue weighted by molar-refractivity contribution is 5.95. The first-order valence-electron chi connectivity index (χ1n) is 6.73. The molecular weight excluding hydrogens is 266 g/mol. The van der Waals surface area contributed by atoms with Gasteiger partial charge in [-0.15, -0.1) is 0 Å². The zero-order valence-corrected chi connectivity index (χ0v) is 11.9. The number of fused-ring (bicyclic) bond motifs is 1. The number of rotatable bonds is 3. The van der Waals surface area contributed by atoms with Crippen LogP contribution in [0.15, 0.2) is 47.0 Å². The minimum Gasteiger partial charge on any atom is -0.457 e. The number of esters is 1. The largest absolute Gasteiger partial charge is 0.457 e. The van der Waals surface area contributed by atoms with E-state index in [0.29, 0.717) is 11.3 Å². The van der Waals surface area contributed by atoms with Gasteiger partial charge in [-0.25, -0.2) is 4.79 Å². The molecule has 0 radical (unpaired) electrons. The number of carbonyl (C=O) groups is 1. The van der Waals surface area contributed by atoms with Crippen molar-refractivity contribution in [2.45, 2.75) is 20.5 Å². The van der Waals surface area contributed by atoms with Crippen molar-refractivity contribution in [3.63, 3.8) is 0 Å². The summed E-state index contributed by atoms with van der Waals surface area (Å²) in [6.07, 6.45) is 0. The number of aromatic nitrogens is 1. The van der Waals surface area contributed by atoms with E-state index in [-0.39, 0.29) is 12.6 Å². The summed E-state index contributed by atoms with van der Waals surface area (Å²) in [7, 11) is 0. The van der Waals surface area contributed by atoms with Crippen LogP contribution in [0.5, 0.6) is 0 Å². The number of ether oxygens (including phenoxy) is 1. The molecule has 0 aliphatic rings. The third-order valence-corrected chi connectivity index (χ3v) is 3.51. The fourth-order valence-corrected chi connectivity index (χ4v) is 2.25. The lowest BCUT2D eigenvalue weighted by atomic mass is 10.1. The normalized spacial score (nSPS) is 10.8. The van der Waals surface area contributed by atoms with Crippen LogP contribution in [0.2, 0.25) is 0 Å². The van der Waals surface area contributed by atoms with Gasteiger partial charge in [-0.05, 0) is 36.8 Å². The van der Waals surface area contributed by atoms with E-state index in [2.05, 4.69) is 5.16 Å². The van der Waals surface area contributed by atoms with Gasteiger partial charge in [0.05, 0.1) is 16.8 Å². The van der Waals surface area contributed by atoms with Crippen molar-refractivity contribution in [3.05, 3.63) is 65.0 Å². The van der Waals surface area contributed by atoms with Crippen LogP contribution >= 0.6 is 0 Å². The Bertz CT molecular complexity index is 785. The molecule has 0 atom stereocenters. The summed E-state index contributed by atoms with van der Waals surface area (Å²) in [6, 6.07) is 13.4. The SMILES string of the molecule is Cc1noc(C)c1COC(=O)c1ccc2ccccc2c1. The van der Waals surface area contributed by atoms with Crippen LogP contribution in [0.25, 0.3) is 10.8 Å². The molecule has 0 spiro atoms. The zero-order chi connectivity index (χ0) is 14.8. The van der Waals surface area contributed by atoms with E-state index in [1.54, 1.807) is 13.0 Å². The smallest absolute Gasteiger partial charge is 0.338 e. The minimum absolute atomic E-state index is 0.173. The molecule has 0 bridgehead atoms. The molecule has 106 valence electrons. The van der Waals surface area contributed by atoms with Crippen LogP contribution in [0.1, 0.15) is 27.4 Å². The lowest BCUT2D eigenvalue weighted by Gasteiger charge is -2.05. The van der Waals surface area contributed by atoms with E-state index >= 15 is 0 Å². The second kappa shape index (κ2) is 5.40. The summed E-state index contributed by atoms with van der Waals surface area (Å²) in [5.74, 6) is 0.333. The van der Waals surface area contributed by atoms with Crippen molar-refractivity contribution < 1.29 is 14.1 Å². The third kappa shape index (κ3) is 2.65. The van der Waals surface area contributed by atoms with Gasteiger partial charge in [0.1, 0.15) is 12.4 Å². The minimum atomic E-state index is -0.347. The van der Waals surface area contributed by atoms with Crippen molar-refractivity contribution in [3.8, 4) is 0 Å². The summed E-state index contributed by atoms with van der Waals surface area (Å²) in [4.78, 5) is 12.1. The van der Waals surface area contributed by atoms with Crippen molar-refractivity contribution in [2.24, 2.45) is 0 Å². The molecule has 4 heteroatoms. The van der Waals surface area contributed by atoms with Crippen molar-refractivity contribution in [2.75, 3.05) is 0 Å². The molecule has 0 fully saturated rings. The summed E-state index contributed by atoms with van der Waals surface area (Å²) in [6.45, 7) is 3.81. The Morgan fingerprint density at radius 3 is 2.62 bits per heavy atom. The fraction of sp³-hybridized carbons (Fsp3) is 0.176. The van der Waals surface area contributed by atoms with Gasteiger partial charge in [0.15, 0.2) is 0 Å². The maximum atomic E-state index is 12.1. The lowest BCUT2D eigenvalue weighted by molar-refractivity contribution is 0.0471. The first-order valence-corrected chi connectivity index (χ1v) is 6.73. The Labute approximate surface area is 122 Å². The third-order valence-electron chi connectivity index (χ3n) is 3.51. The molecule has 21 heavy (non-hydrogen) atoms. The molecular formula is C17H15NO3. The average Bonchev–Trinajstić information content (AvgIpc) is 2.83. The number of hydrogen-bond donors (Lipinski definition) is 0. The second-order valence-corrected chi connectivity index (χ2v) is 4.94. The van der Waals surface area contributed by atoms with Gasteiger partial charge in [-0.2, -0.15) is 0 Å². The first-order chi connectivity index (χ1) is 10.1. The average molecular weight is 281 g/mol. The van der Waals surface area contributed by atoms with Crippen molar-refractivity contribution in [1.82, 2.24) is 5.16 Å². The molecule has 3 rings (SSSR count). The highest BCUT2D eigenvalue weighted by Gasteiger charge is 2.13. The van der Waals surface area contributed by atoms with Gasteiger partial charge >= 0.3 is 5.97 Å². The van der Waals surface area contributed by atoms with Crippen LogP contribution in [0.4, 0.5) is 0 Å². The maximum absolute atomic E-state index is 12.1. The molecule has 0 aliphatic heterocycles. The molecule has 0 saturated carbocycles. The molecule has 0 amide bonds. The molecule has 0 aliphatic carbocycles. The molecule has 1 heterocycles. The van der Waals surface area contributed by atoms with Crippen LogP contribution in [0, 0.1) is 13.8 Å². The van der Waals surface area contributed by atoms with Gasteiger partial charge in [0, 0.05) is 0 Å². The molecule has 0 saturated heterocycles. The number of aryl methyl sites for hydroxylation is 2. The molecule has 0 N–H and O–H groups in total. The van der Waals surface area contributed by atoms with Gasteiger partial charge < -0.3 is 9.26 Å². The van der Waals surface area contributed by atoms with Crippen LogP contribution < -0.4 is 0 Å². The van der Waals surface area contributed by atoms with E-state index < -0.39 is 0 Å². The Kier molecular flexibility index (Phi) is 3.44. The molecule has 4 nitrogen and oxygen atoms in total. The van der Waals surface area contributed by atoms with E-state index in [1.165, 1.54) is 0 Å². The van der Waals surface area contributed by atoms with E-state index in [1.807, 2.05) is 43.3 Å². The maximum Gasteiger partial charge on any atom is 0.338 e. The Morgan fingerprint density at radius 2 is 1.90 bits per heavy atom. The van der Waals surface area contributed by atoms with Gasteiger partial charge in [-0.1, -0.05) is 35.5 Å². The van der Waals surface area contributed by atoms with Crippen LogP contribution in [0.3, 0.4) is 0 Å². The molecule has 3 aromatic rings. The molecule has 1 aromatic heterocycles. The lowest BCUT2D eigenvalue weighted by Crippen LogP contribution is -2.06.